The summed E-state index contributed by atoms with van der Waals surface area (Å²) >= 11 is 0. The molecule has 1 aliphatic heterocycles. The Morgan fingerprint density at radius 2 is 2.21 bits per heavy atom. The topological polar surface area (TPSA) is 58.6 Å². The molecule has 0 aliphatic carbocycles. The number of urea groups is 1. The van der Waals surface area contributed by atoms with Gasteiger partial charge in [-0.15, -0.1) is 0 Å². The van der Waals surface area contributed by atoms with Gasteiger partial charge in [0.05, 0.1) is 6.04 Å². The fourth-order valence-electron chi connectivity index (χ4n) is 1.92. The molecule has 1 N–H and O–H groups in total. The number of hydrogen-bond acceptors (Lipinski definition) is 3. The predicted molar refractivity (Wildman–Crippen MR) is 61.5 cm³/mol. The van der Waals surface area contributed by atoms with Gasteiger partial charge in [0, 0.05) is 7.05 Å². The Morgan fingerprint density at radius 3 is 2.84 bits per heavy atom. The average molecular weight is 270 g/mol. The van der Waals surface area contributed by atoms with Crippen LogP contribution in [0.4, 0.5) is 18.4 Å². The molecule has 0 radical (unpaired) electrons. The van der Waals surface area contributed by atoms with E-state index in [9.17, 15) is 18.4 Å². The lowest BCUT2D eigenvalue weighted by molar-refractivity contribution is 0.158. The number of rotatable bonds is 2. The highest BCUT2D eigenvalue weighted by Crippen LogP contribution is 2.18. The maximum Gasteiger partial charge on any atom is 0.418 e. The molecule has 1 aromatic carbocycles. The first-order chi connectivity index (χ1) is 9.02. The molecular weight excluding hydrogens is 258 g/mol. The molecule has 0 aromatic heterocycles. The Kier molecular flexibility index (Phi) is 3.64. The van der Waals surface area contributed by atoms with E-state index in [0.717, 1.165) is 17.0 Å². The molecule has 1 atom stereocenters. The Labute approximate surface area is 108 Å². The van der Waals surface area contributed by atoms with Crippen molar-refractivity contribution in [3.8, 4) is 0 Å². The third-order valence-corrected chi connectivity index (χ3v) is 2.85. The van der Waals surface area contributed by atoms with E-state index >= 15 is 0 Å². The van der Waals surface area contributed by atoms with Gasteiger partial charge in [-0.05, 0) is 24.1 Å². The molecule has 3 amide bonds. The van der Waals surface area contributed by atoms with Crippen LogP contribution in [-0.2, 0) is 11.2 Å². The standard InChI is InChI=1S/C12H12F2N2O3/c1-15-11(17)16-8(6-19-12(16)18)4-7-2-3-9(13)10(14)5-7/h2-3,5,8H,4,6H2,1H3,(H,15,17). The number of nitrogens with zero attached hydrogens (tertiary/aromatic N) is 1. The lowest BCUT2D eigenvalue weighted by atomic mass is 10.1. The summed E-state index contributed by atoms with van der Waals surface area (Å²) in [5.41, 5.74) is 0.483. The number of ether oxygens (including phenoxy) is 1. The van der Waals surface area contributed by atoms with Crippen LogP contribution >= 0.6 is 0 Å². The smallest absolute Gasteiger partial charge is 0.418 e. The van der Waals surface area contributed by atoms with E-state index in [2.05, 4.69) is 5.32 Å². The highest BCUT2D eigenvalue weighted by molar-refractivity contribution is 5.92. The molecule has 7 heteroatoms. The number of benzene rings is 1. The molecule has 1 saturated heterocycles. The van der Waals surface area contributed by atoms with E-state index in [-0.39, 0.29) is 13.0 Å². The van der Waals surface area contributed by atoms with E-state index in [1.165, 1.54) is 13.1 Å². The molecule has 102 valence electrons. The number of halogens is 2. The van der Waals surface area contributed by atoms with E-state index in [0.29, 0.717) is 5.56 Å². The minimum atomic E-state index is -0.964. The van der Waals surface area contributed by atoms with E-state index in [4.69, 9.17) is 4.74 Å². The van der Waals surface area contributed by atoms with Crippen molar-refractivity contribution in [3.63, 3.8) is 0 Å². The lowest BCUT2D eigenvalue weighted by Gasteiger charge is -2.18. The summed E-state index contributed by atoms with van der Waals surface area (Å²) in [5.74, 6) is -1.90. The van der Waals surface area contributed by atoms with Crippen molar-refractivity contribution in [2.24, 2.45) is 0 Å². The van der Waals surface area contributed by atoms with Gasteiger partial charge in [-0.3, -0.25) is 0 Å². The van der Waals surface area contributed by atoms with Crippen molar-refractivity contribution < 1.29 is 23.1 Å². The average Bonchev–Trinajstić information content (AvgIpc) is 2.74. The zero-order valence-electron chi connectivity index (χ0n) is 10.2. The Morgan fingerprint density at radius 1 is 1.47 bits per heavy atom. The van der Waals surface area contributed by atoms with Crippen LogP contribution in [0.25, 0.3) is 0 Å². The van der Waals surface area contributed by atoms with E-state index in [1.807, 2.05) is 0 Å². The van der Waals surface area contributed by atoms with Crippen LogP contribution in [0.2, 0.25) is 0 Å². The van der Waals surface area contributed by atoms with Gasteiger partial charge in [0.15, 0.2) is 11.6 Å². The van der Waals surface area contributed by atoms with E-state index < -0.39 is 29.8 Å². The van der Waals surface area contributed by atoms with Gasteiger partial charge in [-0.1, -0.05) is 6.07 Å². The van der Waals surface area contributed by atoms with Crippen LogP contribution in [0, 0.1) is 11.6 Å². The summed E-state index contributed by atoms with van der Waals surface area (Å²) in [6.45, 7) is 0.0330. The van der Waals surface area contributed by atoms with Crippen molar-refractivity contribution in [2.75, 3.05) is 13.7 Å². The molecule has 1 unspecified atom stereocenters. The number of amides is 3. The highest BCUT2D eigenvalue weighted by atomic mass is 19.2. The van der Waals surface area contributed by atoms with Gasteiger partial charge in [-0.2, -0.15) is 0 Å². The van der Waals surface area contributed by atoms with Gasteiger partial charge >= 0.3 is 12.1 Å². The van der Waals surface area contributed by atoms with Gasteiger partial charge in [0.1, 0.15) is 6.61 Å². The van der Waals surface area contributed by atoms with Crippen LogP contribution in [-0.4, -0.2) is 36.7 Å². The summed E-state index contributed by atoms with van der Waals surface area (Å²) < 4.78 is 30.7. The summed E-state index contributed by atoms with van der Waals surface area (Å²) in [4.78, 5) is 23.9. The fraction of sp³-hybridized carbons (Fsp3) is 0.333. The van der Waals surface area contributed by atoms with Crippen LogP contribution in [0.15, 0.2) is 18.2 Å². The normalized spacial score (nSPS) is 18.4. The Bertz CT molecular complexity index is 522. The van der Waals surface area contributed by atoms with Crippen LogP contribution in [0.1, 0.15) is 5.56 Å². The van der Waals surface area contributed by atoms with Crippen molar-refractivity contribution in [3.05, 3.63) is 35.4 Å². The summed E-state index contributed by atoms with van der Waals surface area (Å²) in [6, 6.07) is 2.34. The monoisotopic (exact) mass is 270 g/mol. The Balaban J connectivity index is 2.15. The maximum absolute atomic E-state index is 13.1. The minimum absolute atomic E-state index is 0.0330. The third-order valence-electron chi connectivity index (χ3n) is 2.85. The number of carbonyl (C=O) groups is 2. The molecule has 2 rings (SSSR count). The van der Waals surface area contributed by atoms with E-state index in [1.54, 1.807) is 0 Å². The molecule has 0 bridgehead atoms. The molecule has 0 spiro atoms. The fourth-order valence-corrected chi connectivity index (χ4v) is 1.92. The SMILES string of the molecule is CNC(=O)N1C(=O)OCC1Cc1ccc(F)c(F)c1. The molecule has 1 aliphatic rings. The molecular formula is C12H12F2N2O3. The molecule has 1 fully saturated rings. The highest BCUT2D eigenvalue weighted by Gasteiger charge is 2.37. The second kappa shape index (κ2) is 5.21. The van der Waals surface area contributed by atoms with Crippen molar-refractivity contribution in [1.29, 1.82) is 0 Å². The zero-order chi connectivity index (χ0) is 14.0. The number of nitrogens with one attached hydrogen (secondary N) is 1. The molecule has 5 nitrogen and oxygen atoms in total. The molecule has 0 saturated carbocycles. The summed E-state index contributed by atoms with van der Waals surface area (Å²) in [6.07, 6.45) is -0.539. The van der Waals surface area contributed by atoms with Crippen LogP contribution in [0.5, 0.6) is 0 Å². The summed E-state index contributed by atoms with van der Waals surface area (Å²) in [5, 5.41) is 2.33. The van der Waals surface area contributed by atoms with Crippen molar-refractivity contribution in [2.45, 2.75) is 12.5 Å². The second-order valence-corrected chi connectivity index (χ2v) is 4.11. The van der Waals surface area contributed by atoms with Crippen LogP contribution in [0.3, 0.4) is 0 Å². The number of carbonyl (C=O) groups excluding carboxylic acids is 2. The summed E-state index contributed by atoms with van der Waals surface area (Å²) in [7, 11) is 1.39. The number of imide groups is 1. The quantitative estimate of drug-likeness (QED) is 0.889. The van der Waals surface area contributed by atoms with Crippen LogP contribution < -0.4 is 5.32 Å². The van der Waals surface area contributed by atoms with Gasteiger partial charge in [0.25, 0.3) is 0 Å². The first kappa shape index (κ1) is 13.3. The number of hydrogen-bond donors (Lipinski definition) is 1. The first-order valence-corrected chi connectivity index (χ1v) is 5.64. The van der Waals surface area contributed by atoms with Gasteiger partial charge in [-0.25, -0.2) is 23.3 Å². The zero-order valence-corrected chi connectivity index (χ0v) is 10.2. The van der Waals surface area contributed by atoms with Crippen molar-refractivity contribution >= 4 is 12.1 Å². The molecule has 19 heavy (non-hydrogen) atoms. The Hall–Kier alpha value is -2.18. The second-order valence-electron chi connectivity index (χ2n) is 4.11. The first-order valence-electron chi connectivity index (χ1n) is 5.64. The lowest BCUT2D eigenvalue weighted by Crippen LogP contribution is -2.44. The van der Waals surface area contributed by atoms with Gasteiger partial charge in [0.2, 0.25) is 0 Å². The molecule has 1 aromatic rings. The largest absolute Gasteiger partial charge is 0.447 e. The third kappa shape index (κ3) is 2.64. The predicted octanol–water partition coefficient (Wildman–Crippen LogP) is 1.67. The van der Waals surface area contributed by atoms with Gasteiger partial charge < -0.3 is 10.1 Å². The maximum atomic E-state index is 13.1. The molecule has 1 heterocycles. The number of cyclic esters (lactones) is 1. The minimum Gasteiger partial charge on any atom is -0.447 e. The van der Waals surface area contributed by atoms with Crippen molar-refractivity contribution in [1.82, 2.24) is 10.2 Å².